The van der Waals surface area contributed by atoms with Crippen LogP contribution in [0.25, 0.3) is 11.4 Å². The Balaban J connectivity index is 2.29. The number of unbranched alkanes of at least 4 members (excludes halogenated alkanes) is 1. The molecule has 0 bridgehead atoms. The number of aromatic amines is 1. The zero-order valence-corrected chi connectivity index (χ0v) is 19.6. The lowest BCUT2D eigenvalue weighted by atomic mass is 9.75. The molecule has 32 heavy (non-hydrogen) atoms. The molecule has 1 aliphatic heterocycles. The van der Waals surface area contributed by atoms with Crippen LogP contribution in [-0.4, -0.2) is 41.4 Å². The molecular weight excluding hydrogens is 412 g/mol. The van der Waals surface area contributed by atoms with Gasteiger partial charge in [0.2, 0.25) is 0 Å². The lowest BCUT2D eigenvalue weighted by molar-refractivity contribution is 0.0594. The fourth-order valence-corrected chi connectivity index (χ4v) is 3.87. The number of hydrogen-bond donors (Lipinski definition) is 2. The summed E-state index contributed by atoms with van der Waals surface area (Å²) in [6.45, 7) is 10.9. The van der Waals surface area contributed by atoms with Gasteiger partial charge in [-0.05, 0) is 18.3 Å². The van der Waals surface area contributed by atoms with E-state index in [9.17, 15) is 14.7 Å². The lowest BCUT2D eigenvalue weighted by Gasteiger charge is -2.31. The molecule has 1 unspecified atom stereocenters. The minimum atomic E-state index is -0.897. The molecule has 0 aliphatic carbocycles. The number of aryl methyl sites for hydroxylation is 1. The summed E-state index contributed by atoms with van der Waals surface area (Å²) in [4.78, 5) is 32.5. The van der Waals surface area contributed by atoms with Gasteiger partial charge in [-0.15, -0.1) is 0 Å². The average Bonchev–Trinajstić information content (AvgIpc) is 2.89. The van der Waals surface area contributed by atoms with Crippen LogP contribution in [0.15, 0.2) is 10.9 Å². The molecule has 0 saturated carbocycles. The standard InChI is InChI=1S/C24H32N2O6/c1-7-9-10-31-15-11-16-19(25-14(15)8-2)20-17(13(12-32-16)24(3,4)5)21(27)18(22(28)26-20)23(29)30-6/h11,13H,7-10,12H2,1-6H3,(H2,26,27,28). The van der Waals surface area contributed by atoms with Crippen molar-refractivity contribution in [2.45, 2.75) is 59.8 Å². The minimum Gasteiger partial charge on any atom is -0.506 e. The summed E-state index contributed by atoms with van der Waals surface area (Å²) >= 11 is 0. The summed E-state index contributed by atoms with van der Waals surface area (Å²) in [5.41, 5.74) is 0.397. The van der Waals surface area contributed by atoms with E-state index in [0.717, 1.165) is 18.5 Å². The monoisotopic (exact) mass is 444 g/mol. The molecular formula is C24H32N2O6. The van der Waals surface area contributed by atoms with E-state index >= 15 is 0 Å². The highest BCUT2D eigenvalue weighted by Crippen LogP contribution is 2.48. The number of rotatable bonds is 6. The Morgan fingerprint density at radius 1 is 1.34 bits per heavy atom. The Morgan fingerprint density at radius 3 is 2.66 bits per heavy atom. The number of carbonyl (C=O) groups is 1. The van der Waals surface area contributed by atoms with Crippen molar-refractivity contribution < 1.29 is 24.1 Å². The van der Waals surface area contributed by atoms with Gasteiger partial charge in [-0.2, -0.15) is 0 Å². The second-order valence-electron chi connectivity index (χ2n) is 9.02. The molecule has 0 aromatic carbocycles. The topological polar surface area (TPSA) is 111 Å². The molecule has 0 fully saturated rings. The summed E-state index contributed by atoms with van der Waals surface area (Å²) in [6.07, 6.45) is 2.55. The van der Waals surface area contributed by atoms with Crippen molar-refractivity contribution in [2.24, 2.45) is 5.41 Å². The number of carbonyl (C=O) groups excluding carboxylic acids is 1. The van der Waals surface area contributed by atoms with E-state index < -0.39 is 22.8 Å². The van der Waals surface area contributed by atoms with Crippen molar-refractivity contribution in [1.82, 2.24) is 9.97 Å². The fourth-order valence-electron chi connectivity index (χ4n) is 3.87. The molecule has 2 N–H and O–H groups in total. The Labute approximate surface area is 187 Å². The maximum atomic E-state index is 12.8. The first-order valence-corrected chi connectivity index (χ1v) is 11.0. The normalized spacial score (nSPS) is 15.2. The first-order chi connectivity index (χ1) is 15.1. The third-order valence-electron chi connectivity index (χ3n) is 5.77. The second-order valence-corrected chi connectivity index (χ2v) is 9.02. The number of methoxy groups -OCH3 is 1. The van der Waals surface area contributed by atoms with Crippen LogP contribution in [0.1, 0.15) is 75.0 Å². The van der Waals surface area contributed by atoms with E-state index in [1.807, 2.05) is 27.7 Å². The van der Waals surface area contributed by atoms with E-state index in [0.29, 0.717) is 41.5 Å². The Bertz CT molecular complexity index is 1070. The third kappa shape index (κ3) is 4.31. The summed E-state index contributed by atoms with van der Waals surface area (Å²) in [6, 6.07) is 1.80. The molecule has 174 valence electrons. The smallest absolute Gasteiger partial charge is 0.347 e. The number of fused-ring (bicyclic) bond motifs is 3. The largest absolute Gasteiger partial charge is 0.506 e. The third-order valence-corrected chi connectivity index (χ3v) is 5.77. The molecule has 1 atom stereocenters. The van der Waals surface area contributed by atoms with Crippen LogP contribution in [0.2, 0.25) is 0 Å². The van der Waals surface area contributed by atoms with Crippen molar-refractivity contribution in [1.29, 1.82) is 0 Å². The number of esters is 1. The molecule has 0 radical (unpaired) electrons. The molecule has 3 rings (SSSR count). The highest BCUT2D eigenvalue weighted by atomic mass is 16.5. The molecule has 2 aromatic heterocycles. The molecule has 0 spiro atoms. The van der Waals surface area contributed by atoms with Crippen LogP contribution in [-0.2, 0) is 11.2 Å². The van der Waals surface area contributed by atoms with Crippen LogP contribution in [0.3, 0.4) is 0 Å². The number of pyridine rings is 2. The predicted molar refractivity (Wildman–Crippen MR) is 121 cm³/mol. The van der Waals surface area contributed by atoms with Gasteiger partial charge in [0.15, 0.2) is 11.3 Å². The summed E-state index contributed by atoms with van der Waals surface area (Å²) < 4.78 is 16.8. The molecule has 3 heterocycles. The SMILES string of the molecule is CCCCOc1cc2c(nc1CC)-c1[nH]c(=O)c(C(=O)OC)c(O)c1C(C(C)(C)C)CO2. The number of aromatic hydroxyl groups is 1. The van der Waals surface area contributed by atoms with Crippen molar-refractivity contribution >= 4 is 5.97 Å². The van der Waals surface area contributed by atoms with Gasteiger partial charge in [-0.25, -0.2) is 9.78 Å². The van der Waals surface area contributed by atoms with Gasteiger partial charge in [-0.3, -0.25) is 4.79 Å². The maximum Gasteiger partial charge on any atom is 0.347 e. The fraction of sp³-hybridized carbons (Fsp3) is 0.542. The van der Waals surface area contributed by atoms with E-state index in [2.05, 4.69) is 11.9 Å². The molecule has 8 nitrogen and oxygen atoms in total. The maximum absolute atomic E-state index is 12.8. The summed E-state index contributed by atoms with van der Waals surface area (Å²) in [5, 5.41) is 11.1. The van der Waals surface area contributed by atoms with Crippen molar-refractivity contribution in [3.8, 4) is 28.6 Å². The Morgan fingerprint density at radius 2 is 2.06 bits per heavy atom. The van der Waals surface area contributed by atoms with Gasteiger partial charge in [0, 0.05) is 17.5 Å². The van der Waals surface area contributed by atoms with E-state index in [4.69, 9.17) is 19.2 Å². The predicted octanol–water partition coefficient (Wildman–Crippen LogP) is 4.19. The highest BCUT2D eigenvalue weighted by molar-refractivity contribution is 5.93. The van der Waals surface area contributed by atoms with Crippen LogP contribution in [0.5, 0.6) is 17.2 Å². The number of aromatic nitrogens is 2. The zero-order valence-electron chi connectivity index (χ0n) is 19.6. The van der Waals surface area contributed by atoms with Gasteiger partial charge in [0.05, 0.1) is 31.7 Å². The van der Waals surface area contributed by atoms with Gasteiger partial charge in [0.1, 0.15) is 17.2 Å². The first kappa shape index (κ1) is 23.6. The first-order valence-electron chi connectivity index (χ1n) is 11.0. The Hall–Kier alpha value is -3.03. The number of nitrogens with zero attached hydrogens (tertiary/aromatic N) is 1. The highest BCUT2D eigenvalue weighted by Gasteiger charge is 2.38. The Kier molecular flexibility index (Phi) is 6.81. The number of hydrogen-bond acceptors (Lipinski definition) is 7. The van der Waals surface area contributed by atoms with Crippen LogP contribution >= 0.6 is 0 Å². The van der Waals surface area contributed by atoms with Crippen molar-refractivity contribution in [2.75, 3.05) is 20.3 Å². The van der Waals surface area contributed by atoms with Crippen molar-refractivity contribution in [3.05, 3.63) is 33.2 Å². The molecule has 8 heteroatoms. The average molecular weight is 445 g/mol. The zero-order chi connectivity index (χ0) is 23.6. The lowest BCUT2D eigenvalue weighted by Crippen LogP contribution is -2.27. The number of H-pyrrole nitrogens is 1. The molecule has 2 aromatic rings. The van der Waals surface area contributed by atoms with Crippen molar-refractivity contribution in [3.63, 3.8) is 0 Å². The van der Waals surface area contributed by atoms with Crippen LogP contribution in [0, 0.1) is 5.41 Å². The van der Waals surface area contributed by atoms with Gasteiger partial charge >= 0.3 is 5.97 Å². The molecule has 1 aliphatic rings. The molecule has 0 amide bonds. The number of ether oxygens (including phenoxy) is 3. The number of nitrogens with one attached hydrogen (secondary N) is 1. The second kappa shape index (κ2) is 9.22. The molecule has 0 saturated heterocycles. The van der Waals surface area contributed by atoms with Crippen LogP contribution in [0.4, 0.5) is 0 Å². The van der Waals surface area contributed by atoms with Gasteiger partial charge < -0.3 is 24.3 Å². The summed E-state index contributed by atoms with van der Waals surface area (Å²) in [5.74, 6) is -0.515. The minimum absolute atomic E-state index is 0.227. The van der Waals surface area contributed by atoms with E-state index in [1.165, 1.54) is 7.11 Å². The van der Waals surface area contributed by atoms with E-state index in [1.54, 1.807) is 6.07 Å². The van der Waals surface area contributed by atoms with Crippen LogP contribution < -0.4 is 15.0 Å². The quantitative estimate of drug-likeness (QED) is 0.508. The summed E-state index contributed by atoms with van der Waals surface area (Å²) in [7, 11) is 1.17. The van der Waals surface area contributed by atoms with Gasteiger partial charge in [0.25, 0.3) is 5.56 Å². The van der Waals surface area contributed by atoms with E-state index in [-0.39, 0.29) is 17.9 Å². The van der Waals surface area contributed by atoms with Gasteiger partial charge in [-0.1, -0.05) is 41.0 Å².